The lowest BCUT2D eigenvalue weighted by atomic mass is 9.90. The topological polar surface area (TPSA) is 45.2 Å². The molecule has 0 radical (unpaired) electrons. The van der Waals surface area contributed by atoms with Crippen LogP contribution in [0.15, 0.2) is 67.0 Å². The molecule has 2 amide bonds. The third-order valence-electron chi connectivity index (χ3n) is 4.97. The molecule has 7 heteroatoms. The van der Waals surface area contributed by atoms with Crippen LogP contribution < -0.4 is 5.32 Å². The van der Waals surface area contributed by atoms with E-state index >= 15 is 0 Å². The van der Waals surface area contributed by atoms with Crippen LogP contribution in [0.1, 0.15) is 16.7 Å². The fourth-order valence-corrected chi connectivity index (χ4v) is 3.56. The summed E-state index contributed by atoms with van der Waals surface area (Å²) < 4.78 is 39.3. The second-order valence-electron chi connectivity index (χ2n) is 6.87. The molecule has 1 aliphatic heterocycles. The average Bonchev–Trinajstić information content (AvgIpc) is 2.73. The van der Waals surface area contributed by atoms with Gasteiger partial charge in [0.25, 0.3) is 0 Å². The molecule has 1 N–H and O–H groups in total. The monoisotopic (exact) mass is 397 g/mol. The number of hydrogen-bond donors (Lipinski definition) is 1. The smallest absolute Gasteiger partial charge is 0.320 e. The van der Waals surface area contributed by atoms with Crippen LogP contribution >= 0.6 is 0 Å². The molecular weight excluding hydrogens is 379 g/mol. The molecule has 0 aliphatic carbocycles. The molecule has 0 bridgehead atoms. The van der Waals surface area contributed by atoms with Crippen molar-refractivity contribution < 1.29 is 18.0 Å². The minimum atomic E-state index is -4.38. The lowest BCUT2D eigenvalue weighted by molar-refractivity contribution is -0.137. The van der Waals surface area contributed by atoms with E-state index in [-0.39, 0.29) is 6.03 Å². The summed E-state index contributed by atoms with van der Waals surface area (Å²) in [4.78, 5) is 18.2. The Labute approximate surface area is 166 Å². The van der Waals surface area contributed by atoms with Gasteiger partial charge in [0.05, 0.1) is 17.4 Å². The highest BCUT2D eigenvalue weighted by Crippen LogP contribution is 2.35. The van der Waals surface area contributed by atoms with E-state index in [1.807, 2.05) is 18.2 Å². The van der Waals surface area contributed by atoms with Gasteiger partial charge < -0.3 is 10.2 Å². The maximum atomic E-state index is 13.1. The number of pyridine rings is 1. The number of amides is 2. The number of anilines is 1. The van der Waals surface area contributed by atoms with Gasteiger partial charge in [0.15, 0.2) is 0 Å². The van der Waals surface area contributed by atoms with Crippen LogP contribution in [0, 0.1) is 0 Å². The lowest BCUT2D eigenvalue weighted by Gasteiger charge is -2.30. The van der Waals surface area contributed by atoms with Crippen LogP contribution in [0.2, 0.25) is 0 Å². The first-order valence-corrected chi connectivity index (χ1v) is 9.16. The van der Waals surface area contributed by atoms with Crippen molar-refractivity contribution in [3.63, 3.8) is 0 Å². The number of rotatable bonds is 2. The average molecular weight is 397 g/mol. The minimum absolute atomic E-state index is 0.229. The summed E-state index contributed by atoms with van der Waals surface area (Å²) in [6.07, 6.45) is -0.613. The van der Waals surface area contributed by atoms with Crippen LogP contribution in [-0.4, -0.2) is 22.5 Å². The standard InChI is InChI=1S/C22H18F3N3O/c23-22(24,25)17-6-1-4-15(12-17)19-8-2-5-16-14-28(11-9-20(16)19)21(29)27-18-7-3-10-26-13-18/h1-8,10,12-13H,9,11,14H2,(H,27,29). The summed E-state index contributed by atoms with van der Waals surface area (Å²) in [6.45, 7) is 0.878. The van der Waals surface area contributed by atoms with Crippen molar-refractivity contribution in [3.05, 3.63) is 83.7 Å². The molecule has 4 nitrogen and oxygen atoms in total. The van der Waals surface area contributed by atoms with Crippen LogP contribution in [0.4, 0.5) is 23.7 Å². The van der Waals surface area contributed by atoms with Gasteiger partial charge in [0.2, 0.25) is 0 Å². The number of hydrogen-bond acceptors (Lipinski definition) is 2. The van der Waals surface area contributed by atoms with Crippen molar-refractivity contribution in [1.29, 1.82) is 0 Å². The second-order valence-corrected chi connectivity index (χ2v) is 6.87. The Bertz CT molecular complexity index is 1030. The molecule has 0 unspecified atom stereocenters. The number of aromatic nitrogens is 1. The number of nitrogens with one attached hydrogen (secondary N) is 1. The summed E-state index contributed by atoms with van der Waals surface area (Å²) in [5, 5.41) is 2.81. The normalized spacial score (nSPS) is 13.7. The Kier molecular flexibility index (Phi) is 4.96. The molecule has 0 atom stereocenters. The number of fused-ring (bicyclic) bond motifs is 1. The van der Waals surface area contributed by atoms with Gasteiger partial charge in [-0.3, -0.25) is 4.98 Å². The highest BCUT2D eigenvalue weighted by Gasteiger charge is 2.31. The summed E-state index contributed by atoms with van der Waals surface area (Å²) in [7, 11) is 0. The predicted octanol–water partition coefficient (Wildman–Crippen LogP) is 5.36. The summed E-state index contributed by atoms with van der Waals surface area (Å²) in [5.74, 6) is 0. The van der Waals surface area contributed by atoms with Gasteiger partial charge in [0.1, 0.15) is 0 Å². The van der Waals surface area contributed by atoms with Crippen molar-refractivity contribution in [2.75, 3.05) is 11.9 Å². The van der Waals surface area contributed by atoms with Crippen LogP contribution in [0.3, 0.4) is 0 Å². The summed E-state index contributed by atoms with van der Waals surface area (Å²) in [6, 6.07) is 14.2. The number of benzene rings is 2. The van der Waals surface area contributed by atoms with E-state index in [1.54, 1.807) is 35.5 Å². The fraction of sp³-hybridized carbons (Fsp3) is 0.182. The number of urea groups is 1. The van der Waals surface area contributed by atoms with E-state index in [1.165, 1.54) is 12.1 Å². The van der Waals surface area contributed by atoms with Gasteiger partial charge in [-0.05, 0) is 52.9 Å². The molecule has 0 saturated carbocycles. The van der Waals surface area contributed by atoms with Gasteiger partial charge in [-0.2, -0.15) is 13.2 Å². The predicted molar refractivity (Wildman–Crippen MR) is 104 cm³/mol. The van der Waals surface area contributed by atoms with E-state index in [0.29, 0.717) is 30.8 Å². The fourth-order valence-electron chi connectivity index (χ4n) is 3.56. The van der Waals surface area contributed by atoms with E-state index in [2.05, 4.69) is 10.3 Å². The molecule has 0 spiro atoms. The first-order valence-electron chi connectivity index (χ1n) is 9.16. The van der Waals surface area contributed by atoms with Crippen LogP contribution in [-0.2, 0) is 19.1 Å². The Morgan fingerprint density at radius 2 is 1.90 bits per heavy atom. The molecule has 0 saturated heterocycles. The molecular formula is C22H18F3N3O. The van der Waals surface area contributed by atoms with Gasteiger partial charge in [-0.1, -0.05) is 30.3 Å². The molecule has 0 fully saturated rings. The largest absolute Gasteiger partial charge is 0.416 e. The highest BCUT2D eigenvalue weighted by atomic mass is 19.4. The van der Waals surface area contributed by atoms with Gasteiger partial charge >= 0.3 is 12.2 Å². The van der Waals surface area contributed by atoms with Crippen molar-refractivity contribution in [3.8, 4) is 11.1 Å². The van der Waals surface area contributed by atoms with Crippen molar-refractivity contribution in [1.82, 2.24) is 9.88 Å². The molecule has 1 aromatic heterocycles. The van der Waals surface area contributed by atoms with Gasteiger partial charge in [-0.15, -0.1) is 0 Å². The third kappa shape index (κ3) is 4.08. The Hall–Kier alpha value is -3.35. The zero-order chi connectivity index (χ0) is 20.4. The van der Waals surface area contributed by atoms with E-state index in [0.717, 1.165) is 22.8 Å². The minimum Gasteiger partial charge on any atom is -0.320 e. The van der Waals surface area contributed by atoms with E-state index in [9.17, 15) is 18.0 Å². The molecule has 2 aromatic carbocycles. The summed E-state index contributed by atoms with van der Waals surface area (Å²) >= 11 is 0. The molecule has 4 rings (SSSR count). The molecule has 3 aromatic rings. The number of carbonyl (C=O) groups excluding carboxylic acids is 1. The quantitative estimate of drug-likeness (QED) is 0.633. The molecule has 1 aliphatic rings. The molecule has 148 valence electrons. The zero-order valence-corrected chi connectivity index (χ0v) is 15.4. The molecule has 2 heterocycles. The maximum absolute atomic E-state index is 13.1. The number of halogens is 3. The SMILES string of the molecule is O=C(Nc1cccnc1)N1CCc2c(cccc2-c2cccc(C(F)(F)F)c2)C1. The first kappa shape index (κ1) is 19.0. The van der Waals surface area contributed by atoms with E-state index < -0.39 is 11.7 Å². The number of carbonyl (C=O) groups is 1. The van der Waals surface area contributed by atoms with Gasteiger partial charge in [-0.25, -0.2) is 4.79 Å². The van der Waals surface area contributed by atoms with E-state index in [4.69, 9.17) is 0 Å². The van der Waals surface area contributed by atoms with Gasteiger partial charge in [0, 0.05) is 19.3 Å². The number of alkyl halides is 3. The van der Waals surface area contributed by atoms with Crippen LogP contribution in [0.25, 0.3) is 11.1 Å². The lowest BCUT2D eigenvalue weighted by Crippen LogP contribution is -2.39. The molecule has 29 heavy (non-hydrogen) atoms. The van der Waals surface area contributed by atoms with Crippen molar-refractivity contribution in [2.24, 2.45) is 0 Å². The summed E-state index contributed by atoms with van der Waals surface area (Å²) in [5.41, 5.74) is 3.18. The number of nitrogens with zero attached hydrogens (tertiary/aromatic N) is 2. The highest BCUT2D eigenvalue weighted by molar-refractivity contribution is 5.89. The second kappa shape index (κ2) is 7.58. The zero-order valence-electron chi connectivity index (χ0n) is 15.4. The first-order chi connectivity index (χ1) is 13.9. The Balaban J connectivity index is 1.58. The Morgan fingerprint density at radius 1 is 1.07 bits per heavy atom. The van der Waals surface area contributed by atoms with Crippen molar-refractivity contribution in [2.45, 2.75) is 19.1 Å². The Morgan fingerprint density at radius 3 is 2.66 bits per heavy atom. The third-order valence-corrected chi connectivity index (χ3v) is 4.97. The van der Waals surface area contributed by atoms with Crippen LogP contribution in [0.5, 0.6) is 0 Å². The maximum Gasteiger partial charge on any atom is 0.416 e. The van der Waals surface area contributed by atoms with Crippen molar-refractivity contribution >= 4 is 11.7 Å².